The van der Waals surface area contributed by atoms with Gasteiger partial charge in [-0.1, -0.05) is 40.2 Å². The van der Waals surface area contributed by atoms with Crippen molar-refractivity contribution in [3.8, 4) is 0 Å². The molecule has 2 N–H and O–H groups in total. The molecule has 2 aromatic carbocycles. The first kappa shape index (κ1) is 13.2. The largest absolute Gasteiger partial charge is 0.320 e. The lowest BCUT2D eigenvalue weighted by Crippen LogP contribution is -2.15. The normalized spacial score (nSPS) is 12.5. The van der Waals surface area contributed by atoms with Crippen LogP contribution < -0.4 is 5.73 Å². The highest BCUT2D eigenvalue weighted by atomic mass is 79.9. The van der Waals surface area contributed by atoms with Crippen LogP contribution in [0.15, 0.2) is 40.9 Å². The van der Waals surface area contributed by atoms with Crippen LogP contribution >= 0.6 is 15.9 Å². The molecule has 2 aromatic rings. The van der Waals surface area contributed by atoms with Crippen LogP contribution in [0.1, 0.15) is 28.3 Å². The van der Waals surface area contributed by atoms with Crippen molar-refractivity contribution in [3.63, 3.8) is 0 Å². The minimum Gasteiger partial charge on any atom is -0.320 e. The van der Waals surface area contributed by atoms with E-state index in [-0.39, 0.29) is 5.82 Å². The third kappa shape index (κ3) is 2.47. The highest BCUT2D eigenvalue weighted by Gasteiger charge is 2.16. The SMILES string of the molecule is Cc1cccc(C(N)c2ccc(Br)cc2F)c1C. The number of benzene rings is 2. The third-order valence-corrected chi connectivity index (χ3v) is 3.77. The Hall–Kier alpha value is -1.19. The van der Waals surface area contributed by atoms with Crippen LogP contribution in [0, 0.1) is 19.7 Å². The van der Waals surface area contributed by atoms with Crippen molar-refractivity contribution in [1.29, 1.82) is 0 Å². The van der Waals surface area contributed by atoms with Gasteiger partial charge in [-0.15, -0.1) is 0 Å². The van der Waals surface area contributed by atoms with E-state index in [1.807, 2.05) is 38.1 Å². The van der Waals surface area contributed by atoms with E-state index in [0.29, 0.717) is 5.56 Å². The number of hydrogen-bond acceptors (Lipinski definition) is 1. The molecule has 3 heteroatoms. The first-order valence-corrected chi connectivity index (χ1v) is 6.56. The smallest absolute Gasteiger partial charge is 0.129 e. The van der Waals surface area contributed by atoms with Gasteiger partial charge < -0.3 is 5.73 Å². The molecule has 2 rings (SSSR count). The second-order valence-corrected chi connectivity index (χ2v) is 5.35. The molecule has 0 radical (unpaired) electrons. The standard InChI is InChI=1S/C15H15BrFN/c1-9-4-3-5-12(10(9)2)15(18)13-7-6-11(16)8-14(13)17/h3-8,15H,18H2,1-2H3. The second kappa shape index (κ2) is 5.21. The Morgan fingerprint density at radius 1 is 1.11 bits per heavy atom. The topological polar surface area (TPSA) is 26.0 Å². The molecule has 0 aliphatic rings. The Balaban J connectivity index is 2.48. The molecule has 0 spiro atoms. The number of aryl methyl sites for hydroxylation is 1. The molecule has 1 atom stereocenters. The quantitative estimate of drug-likeness (QED) is 0.881. The van der Waals surface area contributed by atoms with Crippen molar-refractivity contribution in [2.24, 2.45) is 5.73 Å². The fraction of sp³-hybridized carbons (Fsp3) is 0.200. The summed E-state index contributed by atoms with van der Waals surface area (Å²) < 4.78 is 14.6. The fourth-order valence-electron chi connectivity index (χ4n) is 2.03. The lowest BCUT2D eigenvalue weighted by Gasteiger charge is -2.17. The summed E-state index contributed by atoms with van der Waals surface area (Å²) in [6.07, 6.45) is 0. The summed E-state index contributed by atoms with van der Waals surface area (Å²) in [4.78, 5) is 0. The van der Waals surface area contributed by atoms with Gasteiger partial charge >= 0.3 is 0 Å². The summed E-state index contributed by atoms with van der Waals surface area (Å²) in [5.74, 6) is -0.280. The van der Waals surface area contributed by atoms with Gasteiger partial charge in [-0.25, -0.2) is 4.39 Å². The highest BCUT2D eigenvalue weighted by molar-refractivity contribution is 9.10. The van der Waals surface area contributed by atoms with E-state index in [4.69, 9.17) is 5.73 Å². The maximum Gasteiger partial charge on any atom is 0.129 e. The summed E-state index contributed by atoms with van der Waals surface area (Å²) in [7, 11) is 0. The first-order valence-electron chi connectivity index (χ1n) is 5.77. The zero-order valence-corrected chi connectivity index (χ0v) is 12.0. The van der Waals surface area contributed by atoms with Gasteiger partial charge in [-0.3, -0.25) is 0 Å². The number of rotatable bonds is 2. The van der Waals surface area contributed by atoms with E-state index in [1.54, 1.807) is 6.07 Å². The molecule has 18 heavy (non-hydrogen) atoms. The summed E-state index contributed by atoms with van der Waals surface area (Å²) >= 11 is 3.25. The highest BCUT2D eigenvalue weighted by Crippen LogP contribution is 2.27. The van der Waals surface area contributed by atoms with Crippen molar-refractivity contribution in [1.82, 2.24) is 0 Å². The van der Waals surface area contributed by atoms with Crippen LogP contribution in [0.3, 0.4) is 0 Å². The van der Waals surface area contributed by atoms with Crippen molar-refractivity contribution < 1.29 is 4.39 Å². The number of nitrogens with two attached hydrogens (primary N) is 1. The van der Waals surface area contributed by atoms with Gasteiger partial charge in [0, 0.05) is 10.0 Å². The summed E-state index contributed by atoms with van der Waals surface area (Å²) in [6, 6.07) is 10.5. The minimum absolute atomic E-state index is 0.280. The monoisotopic (exact) mass is 307 g/mol. The summed E-state index contributed by atoms with van der Waals surface area (Å²) in [5.41, 5.74) is 9.96. The molecule has 0 saturated carbocycles. The molecule has 1 unspecified atom stereocenters. The predicted molar refractivity (Wildman–Crippen MR) is 76.0 cm³/mol. The molecule has 94 valence electrons. The zero-order chi connectivity index (χ0) is 13.3. The Kier molecular flexibility index (Phi) is 3.83. The average molecular weight is 308 g/mol. The Labute approximate surface area is 115 Å². The molecular weight excluding hydrogens is 293 g/mol. The van der Waals surface area contributed by atoms with E-state index >= 15 is 0 Å². The van der Waals surface area contributed by atoms with Crippen LogP contribution in [0.5, 0.6) is 0 Å². The number of halogens is 2. The van der Waals surface area contributed by atoms with Gasteiger partial charge in [0.2, 0.25) is 0 Å². The Bertz CT molecular complexity index is 581. The fourth-order valence-corrected chi connectivity index (χ4v) is 2.37. The molecule has 0 aliphatic heterocycles. The van der Waals surface area contributed by atoms with Crippen LogP contribution in [0.2, 0.25) is 0 Å². The van der Waals surface area contributed by atoms with Gasteiger partial charge in [0.15, 0.2) is 0 Å². The van der Waals surface area contributed by atoms with Crippen LogP contribution in [0.4, 0.5) is 4.39 Å². The summed E-state index contributed by atoms with van der Waals surface area (Å²) in [5, 5.41) is 0. The van der Waals surface area contributed by atoms with E-state index in [2.05, 4.69) is 15.9 Å². The molecule has 0 bridgehead atoms. The maximum atomic E-state index is 13.9. The molecule has 1 nitrogen and oxygen atoms in total. The molecule has 0 heterocycles. The lowest BCUT2D eigenvalue weighted by molar-refractivity contribution is 0.598. The first-order chi connectivity index (χ1) is 8.50. The lowest BCUT2D eigenvalue weighted by atomic mass is 9.93. The molecule has 0 aromatic heterocycles. The van der Waals surface area contributed by atoms with Crippen molar-refractivity contribution in [2.75, 3.05) is 0 Å². The van der Waals surface area contributed by atoms with Gasteiger partial charge in [-0.2, -0.15) is 0 Å². The number of hydrogen-bond donors (Lipinski definition) is 1. The van der Waals surface area contributed by atoms with Crippen LogP contribution in [-0.4, -0.2) is 0 Å². The Morgan fingerprint density at radius 3 is 2.50 bits per heavy atom. The zero-order valence-electron chi connectivity index (χ0n) is 10.4. The van der Waals surface area contributed by atoms with Crippen molar-refractivity contribution in [3.05, 3.63) is 68.9 Å². The van der Waals surface area contributed by atoms with Gasteiger partial charge in [0.1, 0.15) is 5.82 Å². The second-order valence-electron chi connectivity index (χ2n) is 4.43. The molecule has 0 fully saturated rings. The molecular formula is C15H15BrFN. The van der Waals surface area contributed by atoms with E-state index < -0.39 is 6.04 Å². The molecule has 0 aliphatic carbocycles. The Morgan fingerprint density at radius 2 is 1.83 bits per heavy atom. The predicted octanol–water partition coefficient (Wildman–Crippen LogP) is 4.25. The maximum absolute atomic E-state index is 13.9. The average Bonchev–Trinajstić information content (AvgIpc) is 2.32. The minimum atomic E-state index is -0.432. The third-order valence-electron chi connectivity index (χ3n) is 3.28. The van der Waals surface area contributed by atoms with Crippen LogP contribution in [-0.2, 0) is 0 Å². The van der Waals surface area contributed by atoms with Gasteiger partial charge in [0.05, 0.1) is 6.04 Å². The van der Waals surface area contributed by atoms with E-state index in [0.717, 1.165) is 15.6 Å². The van der Waals surface area contributed by atoms with Crippen molar-refractivity contribution in [2.45, 2.75) is 19.9 Å². The van der Waals surface area contributed by atoms with E-state index in [9.17, 15) is 4.39 Å². The van der Waals surface area contributed by atoms with Gasteiger partial charge in [0.25, 0.3) is 0 Å². The molecule has 0 amide bonds. The molecule has 0 saturated heterocycles. The summed E-state index contributed by atoms with van der Waals surface area (Å²) in [6.45, 7) is 4.05. The van der Waals surface area contributed by atoms with Crippen molar-refractivity contribution >= 4 is 15.9 Å². The van der Waals surface area contributed by atoms with Gasteiger partial charge in [-0.05, 0) is 42.7 Å². The van der Waals surface area contributed by atoms with E-state index in [1.165, 1.54) is 11.6 Å². The van der Waals surface area contributed by atoms with Crippen LogP contribution in [0.25, 0.3) is 0 Å².